The highest BCUT2D eigenvalue weighted by Crippen LogP contribution is 2.19. The van der Waals surface area contributed by atoms with Crippen LogP contribution >= 0.6 is 0 Å². The summed E-state index contributed by atoms with van der Waals surface area (Å²) in [5.74, 6) is -0.245. The van der Waals surface area contributed by atoms with Crippen LogP contribution < -0.4 is 10.6 Å². The van der Waals surface area contributed by atoms with E-state index in [1.807, 2.05) is 37.4 Å². The molecule has 0 radical (unpaired) electrons. The summed E-state index contributed by atoms with van der Waals surface area (Å²) in [5, 5.41) is 6.74. The highest BCUT2D eigenvalue weighted by Gasteiger charge is 2.10. The van der Waals surface area contributed by atoms with Gasteiger partial charge in [0.15, 0.2) is 0 Å². The molecule has 1 aromatic heterocycles. The molecule has 3 N–H and O–H groups in total. The molecule has 0 saturated heterocycles. The molecule has 0 atom stereocenters. The number of anilines is 1. The number of H-pyrrole nitrogens is 1. The number of aromatic nitrogens is 1. The lowest BCUT2D eigenvalue weighted by Crippen LogP contribution is -2.24. The molecule has 0 unspecified atom stereocenters. The van der Waals surface area contributed by atoms with Crippen molar-refractivity contribution < 1.29 is 9.59 Å². The van der Waals surface area contributed by atoms with E-state index >= 15 is 0 Å². The molecule has 0 spiro atoms. The lowest BCUT2D eigenvalue weighted by atomic mass is 10.1. The second kappa shape index (κ2) is 7.66. The van der Waals surface area contributed by atoms with Crippen LogP contribution in [0.4, 0.5) is 5.69 Å². The second-order valence-electron chi connectivity index (χ2n) is 5.92. The predicted octanol–water partition coefficient (Wildman–Crippen LogP) is 3.49. The van der Waals surface area contributed by atoms with Crippen molar-refractivity contribution in [3.05, 3.63) is 65.9 Å². The Kier molecular flexibility index (Phi) is 5.14. The minimum Gasteiger partial charge on any atom is -0.361 e. The SMILES string of the molecule is CCCNC(=O)c1cccc(NC(=O)Cc2c[nH]c3ccccc23)c1. The monoisotopic (exact) mass is 335 g/mol. The summed E-state index contributed by atoms with van der Waals surface area (Å²) in [6.45, 7) is 2.64. The number of aromatic amines is 1. The number of carbonyl (C=O) groups excluding carboxylic acids is 2. The van der Waals surface area contributed by atoms with E-state index in [2.05, 4.69) is 15.6 Å². The first-order valence-electron chi connectivity index (χ1n) is 8.40. The molecular weight excluding hydrogens is 314 g/mol. The molecule has 0 aliphatic carbocycles. The van der Waals surface area contributed by atoms with Crippen molar-refractivity contribution in [3.8, 4) is 0 Å². The molecule has 5 heteroatoms. The van der Waals surface area contributed by atoms with Crippen LogP contribution in [0, 0.1) is 0 Å². The number of benzene rings is 2. The van der Waals surface area contributed by atoms with Crippen LogP contribution in [0.1, 0.15) is 29.3 Å². The van der Waals surface area contributed by atoms with Gasteiger partial charge in [0, 0.05) is 34.9 Å². The molecule has 0 bridgehead atoms. The molecule has 1 heterocycles. The van der Waals surface area contributed by atoms with Crippen molar-refractivity contribution >= 4 is 28.4 Å². The van der Waals surface area contributed by atoms with Gasteiger partial charge in [0.1, 0.15) is 0 Å². The first-order valence-corrected chi connectivity index (χ1v) is 8.40. The van der Waals surface area contributed by atoms with Gasteiger partial charge in [-0.25, -0.2) is 0 Å². The number of fused-ring (bicyclic) bond motifs is 1. The van der Waals surface area contributed by atoms with Crippen LogP contribution in [0.25, 0.3) is 10.9 Å². The van der Waals surface area contributed by atoms with Gasteiger partial charge in [0.2, 0.25) is 5.91 Å². The quantitative estimate of drug-likeness (QED) is 0.645. The average molecular weight is 335 g/mol. The standard InChI is InChI=1S/C20H21N3O2/c1-2-10-21-20(25)14-6-5-7-16(11-14)23-19(24)12-15-13-22-18-9-4-3-8-17(15)18/h3-9,11,13,22H,2,10,12H2,1H3,(H,21,25)(H,23,24). The van der Waals surface area contributed by atoms with E-state index in [0.29, 0.717) is 17.8 Å². The maximum Gasteiger partial charge on any atom is 0.251 e. The number of carbonyl (C=O) groups is 2. The summed E-state index contributed by atoms with van der Waals surface area (Å²) < 4.78 is 0. The smallest absolute Gasteiger partial charge is 0.251 e. The molecule has 128 valence electrons. The van der Waals surface area contributed by atoms with Crippen molar-refractivity contribution in [2.75, 3.05) is 11.9 Å². The Morgan fingerprint density at radius 1 is 1.08 bits per heavy atom. The van der Waals surface area contributed by atoms with Gasteiger partial charge in [-0.3, -0.25) is 9.59 Å². The van der Waals surface area contributed by atoms with E-state index < -0.39 is 0 Å². The summed E-state index contributed by atoms with van der Waals surface area (Å²) in [7, 11) is 0. The third-order valence-electron chi connectivity index (χ3n) is 3.97. The molecule has 0 fully saturated rings. The fourth-order valence-electron chi connectivity index (χ4n) is 2.73. The highest BCUT2D eigenvalue weighted by molar-refractivity contribution is 5.98. The molecule has 25 heavy (non-hydrogen) atoms. The van der Waals surface area contributed by atoms with Gasteiger partial charge in [0.05, 0.1) is 6.42 Å². The van der Waals surface area contributed by atoms with Crippen LogP contribution in [0.15, 0.2) is 54.7 Å². The van der Waals surface area contributed by atoms with E-state index in [1.165, 1.54) is 0 Å². The Labute approximate surface area is 146 Å². The molecule has 0 aliphatic heterocycles. The lowest BCUT2D eigenvalue weighted by molar-refractivity contribution is -0.115. The Hall–Kier alpha value is -3.08. The number of rotatable bonds is 6. The molecule has 2 aromatic carbocycles. The number of amides is 2. The highest BCUT2D eigenvalue weighted by atomic mass is 16.2. The third kappa shape index (κ3) is 4.07. The molecule has 3 aromatic rings. The van der Waals surface area contributed by atoms with E-state index in [4.69, 9.17) is 0 Å². The van der Waals surface area contributed by atoms with Gasteiger partial charge in [-0.1, -0.05) is 31.2 Å². The van der Waals surface area contributed by atoms with Crippen LogP contribution in [0.5, 0.6) is 0 Å². The Bertz CT molecular complexity index is 899. The maximum atomic E-state index is 12.4. The maximum absolute atomic E-state index is 12.4. The summed E-state index contributed by atoms with van der Waals surface area (Å²) in [6, 6.07) is 14.9. The third-order valence-corrected chi connectivity index (χ3v) is 3.97. The zero-order valence-electron chi connectivity index (χ0n) is 14.1. The normalized spacial score (nSPS) is 10.6. The lowest BCUT2D eigenvalue weighted by Gasteiger charge is -2.08. The first kappa shape index (κ1) is 16.8. The molecule has 0 saturated carbocycles. The average Bonchev–Trinajstić information content (AvgIpc) is 3.03. The molecule has 5 nitrogen and oxygen atoms in total. The molecular formula is C20H21N3O2. The summed E-state index contributed by atoms with van der Waals surface area (Å²) in [6.07, 6.45) is 3.02. The summed E-state index contributed by atoms with van der Waals surface area (Å²) >= 11 is 0. The van der Waals surface area contributed by atoms with Crippen molar-refractivity contribution in [2.24, 2.45) is 0 Å². The van der Waals surface area contributed by atoms with Gasteiger partial charge >= 0.3 is 0 Å². The van der Waals surface area contributed by atoms with Gasteiger partial charge in [-0.15, -0.1) is 0 Å². The van der Waals surface area contributed by atoms with Crippen LogP contribution in [-0.2, 0) is 11.2 Å². The van der Waals surface area contributed by atoms with E-state index in [9.17, 15) is 9.59 Å². The van der Waals surface area contributed by atoms with Gasteiger partial charge in [0.25, 0.3) is 5.91 Å². The Morgan fingerprint density at radius 2 is 1.92 bits per heavy atom. The number of nitrogens with one attached hydrogen (secondary N) is 3. The molecule has 0 aliphatic rings. The van der Waals surface area contributed by atoms with E-state index in [1.54, 1.807) is 24.3 Å². The zero-order chi connectivity index (χ0) is 17.6. The zero-order valence-corrected chi connectivity index (χ0v) is 14.1. The van der Waals surface area contributed by atoms with Crippen LogP contribution in [0.3, 0.4) is 0 Å². The van der Waals surface area contributed by atoms with E-state index in [0.717, 1.165) is 22.9 Å². The second-order valence-corrected chi connectivity index (χ2v) is 5.92. The van der Waals surface area contributed by atoms with Crippen molar-refractivity contribution in [2.45, 2.75) is 19.8 Å². The molecule has 3 rings (SSSR count). The van der Waals surface area contributed by atoms with Gasteiger partial charge < -0.3 is 15.6 Å². The fourth-order valence-corrected chi connectivity index (χ4v) is 2.73. The topological polar surface area (TPSA) is 74.0 Å². The number of para-hydroxylation sites is 1. The number of hydrogen-bond donors (Lipinski definition) is 3. The van der Waals surface area contributed by atoms with Crippen molar-refractivity contribution in [3.63, 3.8) is 0 Å². The Balaban J connectivity index is 1.68. The summed E-state index contributed by atoms with van der Waals surface area (Å²) in [4.78, 5) is 27.5. The number of hydrogen-bond acceptors (Lipinski definition) is 2. The molecule has 2 amide bonds. The van der Waals surface area contributed by atoms with Crippen LogP contribution in [-0.4, -0.2) is 23.3 Å². The van der Waals surface area contributed by atoms with E-state index in [-0.39, 0.29) is 18.2 Å². The largest absolute Gasteiger partial charge is 0.361 e. The minimum atomic E-state index is -0.130. The van der Waals surface area contributed by atoms with Crippen molar-refractivity contribution in [1.29, 1.82) is 0 Å². The summed E-state index contributed by atoms with van der Waals surface area (Å²) in [5.41, 5.74) is 3.12. The van der Waals surface area contributed by atoms with Crippen LogP contribution in [0.2, 0.25) is 0 Å². The first-order chi connectivity index (χ1) is 12.2. The fraction of sp³-hybridized carbons (Fsp3) is 0.200. The minimum absolute atomic E-state index is 0.115. The predicted molar refractivity (Wildman–Crippen MR) is 99.7 cm³/mol. The Morgan fingerprint density at radius 3 is 2.76 bits per heavy atom. The van der Waals surface area contributed by atoms with Crippen molar-refractivity contribution in [1.82, 2.24) is 10.3 Å². The van der Waals surface area contributed by atoms with Gasteiger partial charge in [-0.2, -0.15) is 0 Å². The van der Waals surface area contributed by atoms with Gasteiger partial charge in [-0.05, 0) is 36.2 Å².